The van der Waals surface area contributed by atoms with Crippen molar-refractivity contribution < 1.29 is 4.79 Å². The maximum Gasteiger partial charge on any atom is 0.251 e. The number of rotatable bonds is 4. The first-order chi connectivity index (χ1) is 7.15. The van der Waals surface area contributed by atoms with Crippen molar-refractivity contribution in [2.45, 2.75) is 6.92 Å². The Labute approximate surface area is 94.4 Å². The monoisotopic (exact) mass is 224 g/mol. The van der Waals surface area contributed by atoms with Gasteiger partial charge < -0.3 is 11.1 Å². The van der Waals surface area contributed by atoms with E-state index in [1.165, 1.54) is 0 Å². The molecule has 0 saturated carbocycles. The zero-order valence-corrected chi connectivity index (χ0v) is 9.86. The van der Waals surface area contributed by atoms with Gasteiger partial charge in [0.1, 0.15) is 0 Å². The van der Waals surface area contributed by atoms with Crippen LogP contribution in [0.5, 0.6) is 0 Å². The second kappa shape index (κ2) is 5.66. The molecule has 1 aromatic rings. The van der Waals surface area contributed by atoms with Crippen LogP contribution in [0.15, 0.2) is 18.2 Å². The second-order valence-electron chi connectivity index (χ2n) is 3.32. The molecule has 15 heavy (non-hydrogen) atoms. The highest BCUT2D eigenvalue weighted by molar-refractivity contribution is 7.98. The Bertz CT molecular complexity index is 352. The van der Waals surface area contributed by atoms with E-state index in [9.17, 15) is 4.79 Å². The first-order valence-electron chi connectivity index (χ1n) is 4.78. The average molecular weight is 224 g/mol. The molecular weight excluding hydrogens is 208 g/mol. The Morgan fingerprint density at radius 1 is 1.53 bits per heavy atom. The summed E-state index contributed by atoms with van der Waals surface area (Å²) >= 11 is 1.70. The minimum absolute atomic E-state index is 0.0595. The highest BCUT2D eigenvalue weighted by Gasteiger charge is 2.05. The molecule has 1 aromatic carbocycles. The van der Waals surface area contributed by atoms with Gasteiger partial charge in [-0.05, 0) is 30.9 Å². The molecule has 0 spiro atoms. The van der Waals surface area contributed by atoms with Gasteiger partial charge in [0.05, 0.1) is 0 Å². The number of nitrogens with one attached hydrogen (secondary N) is 1. The fourth-order valence-electron chi connectivity index (χ4n) is 1.15. The van der Waals surface area contributed by atoms with Crippen LogP contribution in [0.25, 0.3) is 0 Å². The molecule has 0 aliphatic carbocycles. The van der Waals surface area contributed by atoms with E-state index in [4.69, 9.17) is 5.73 Å². The summed E-state index contributed by atoms with van der Waals surface area (Å²) in [5, 5.41) is 2.83. The summed E-state index contributed by atoms with van der Waals surface area (Å²) in [6.45, 7) is 2.61. The van der Waals surface area contributed by atoms with Crippen LogP contribution in [0.4, 0.5) is 5.69 Å². The molecule has 1 amide bonds. The molecule has 0 fully saturated rings. The number of thioether (sulfide) groups is 1. The zero-order chi connectivity index (χ0) is 11.3. The van der Waals surface area contributed by atoms with E-state index in [-0.39, 0.29) is 5.91 Å². The Balaban J connectivity index is 2.62. The van der Waals surface area contributed by atoms with Crippen molar-refractivity contribution in [1.29, 1.82) is 0 Å². The molecule has 0 heterocycles. The predicted octanol–water partition coefficient (Wildman–Crippen LogP) is 1.67. The fourth-order valence-corrected chi connectivity index (χ4v) is 1.46. The highest BCUT2D eigenvalue weighted by atomic mass is 32.2. The van der Waals surface area contributed by atoms with Crippen molar-refractivity contribution in [2.24, 2.45) is 0 Å². The predicted molar refractivity (Wildman–Crippen MR) is 66.3 cm³/mol. The van der Waals surface area contributed by atoms with E-state index in [2.05, 4.69) is 5.32 Å². The van der Waals surface area contributed by atoms with Gasteiger partial charge in [-0.1, -0.05) is 6.07 Å². The van der Waals surface area contributed by atoms with Gasteiger partial charge in [-0.3, -0.25) is 4.79 Å². The van der Waals surface area contributed by atoms with E-state index >= 15 is 0 Å². The summed E-state index contributed by atoms with van der Waals surface area (Å²) in [6, 6.07) is 5.36. The molecule has 0 unspecified atom stereocenters. The third kappa shape index (κ3) is 3.47. The molecule has 1 rings (SSSR count). The average Bonchev–Trinajstić information content (AvgIpc) is 2.22. The van der Waals surface area contributed by atoms with E-state index in [0.717, 1.165) is 11.3 Å². The van der Waals surface area contributed by atoms with Crippen molar-refractivity contribution in [3.8, 4) is 0 Å². The molecule has 0 aliphatic heterocycles. The van der Waals surface area contributed by atoms with Gasteiger partial charge in [-0.2, -0.15) is 11.8 Å². The molecular formula is C11H16N2OS. The molecule has 0 saturated heterocycles. The number of nitrogen functional groups attached to an aromatic ring is 1. The second-order valence-corrected chi connectivity index (χ2v) is 4.31. The smallest absolute Gasteiger partial charge is 0.251 e. The van der Waals surface area contributed by atoms with Crippen LogP contribution < -0.4 is 11.1 Å². The lowest BCUT2D eigenvalue weighted by atomic mass is 10.1. The molecule has 0 radical (unpaired) electrons. The highest BCUT2D eigenvalue weighted by Crippen LogP contribution is 2.12. The van der Waals surface area contributed by atoms with Gasteiger partial charge in [0.2, 0.25) is 0 Å². The normalized spacial score (nSPS) is 10.0. The van der Waals surface area contributed by atoms with Crippen molar-refractivity contribution in [1.82, 2.24) is 5.32 Å². The van der Waals surface area contributed by atoms with Crippen LogP contribution >= 0.6 is 11.8 Å². The first kappa shape index (κ1) is 11.9. The van der Waals surface area contributed by atoms with E-state index < -0.39 is 0 Å². The van der Waals surface area contributed by atoms with Crippen LogP contribution in [-0.4, -0.2) is 24.5 Å². The van der Waals surface area contributed by atoms with E-state index in [0.29, 0.717) is 17.8 Å². The van der Waals surface area contributed by atoms with Crippen LogP contribution in [0.3, 0.4) is 0 Å². The van der Waals surface area contributed by atoms with Crippen LogP contribution in [0.1, 0.15) is 15.9 Å². The number of aryl methyl sites for hydroxylation is 1. The quantitative estimate of drug-likeness (QED) is 0.604. The minimum atomic E-state index is -0.0595. The van der Waals surface area contributed by atoms with Crippen molar-refractivity contribution in [2.75, 3.05) is 24.3 Å². The zero-order valence-electron chi connectivity index (χ0n) is 9.04. The lowest BCUT2D eigenvalue weighted by molar-refractivity contribution is 0.0956. The molecule has 3 nitrogen and oxygen atoms in total. The number of hydrogen-bond donors (Lipinski definition) is 2. The summed E-state index contributed by atoms with van der Waals surface area (Å²) in [6.07, 6.45) is 2.01. The van der Waals surface area contributed by atoms with Gasteiger partial charge in [0.25, 0.3) is 5.91 Å². The summed E-state index contributed by atoms with van der Waals surface area (Å²) in [4.78, 5) is 11.6. The molecule has 0 aliphatic rings. The van der Waals surface area contributed by atoms with E-state index in [1.54, 1.807) is 23.9 Å². The van der Waals surface area contributed by atoms with Crippen LogP contribution in [0, 0.1) is 6.92 Å². The molecule has 3 N–H and O–H groups in total. The van der Waals surface area contributed by atoms with Crippen LogP contribution in [0.2, 0.25) is 0 Å². The van der Waals surface area contributed by atoms with Gasteiger partial charge in [0, 0.05) is 23.5 Å². The number of anilines is 1. The number of benzene rings is 1. The standard InChI is InChI=1S/C11H16N2OS/c1-8-3-4-9(7-10(8)12)11(14)13-5-6-15-2/h3-4,7H,5-6,12H2,1-2H3,(H,13,14). The number of hydrogen-bond acceptors (Lipinski definition) is 3. The van der Waals surface area contributed by atoms with E-state index in [1.807, 2.05) is 19.2 Å². The largest absolute Gasteiger partial charge is 0.398 e. The van der Waals surface area contributed by atoms with Crippen molar-refractivity contribution in [3.63, 3.8) is 0 Å². The van der Waals surface area contributed by atoms with Crippen LogP contribution in [-0.2, 0) is 0 Å². The summed E-state index contributed by atoms with van der Waals surface area (Å²) < 4.78 is 0. The molecule has 0 bridgehead atoms. The molecule has 4 heteroatoms. The third-order valence-electron chi connectivity index (χ3n) is 2.13. The summed E-state index contributed by atoms with van der Waals surface area (Å²) in [7, 11) is 0. The molecule has 82 valence electrons. The SMILES string of the molecule is CSCCNC(=O)c1ccc(C)c(N)c1. The maximum absolute atomic E-state index is 11.6. The van der Waals surface area contributed by atoms with Gasteiger partial charge in [0.15, 0.2) is 0 Å². The van der Waals surface area contributed by atoms with Crippen molar-refractivity contribution in [3.05, 3.63) is 29.3 Å². The summed E-state index contributed by atoms with van der Waals surface area (Å²) in [5.41, 5.74) is 8.01. The number of amides is 1. The minimum Gasteiger partial charge on any atom is -0.398 e. The third-order valence-corrected chi connectivity index (χ3v) is 2.75. The fraction of sp³-hybridized carbons (Fsp3) is 0.364. The molecule has 0 aromatic heterocycles. The molecule has 0 atom stereocenters. The Kier molecular flexibility index (Phi) is 4.49. The van der Waals surface area contributed by atoms with Crippen molar-refractivity contribution >= 4 is 23.4 Å². The summed E-state index contributed by atoms with van der Waals surface area (Å²) in [5.74, 6) is 0.864. The first-order valence-corrected chi connectivity index (χ1v) is 6.18. The number of carbonyl (C=O) groups excluding carboxylic acids is 1. The maximum atomic E-state index is 11.6. The number of carbonyl (C=O) groups is 1. The Morgan fingerprint density at radius 3 is 2.87 bits per heavy atom. The lowest BCUT2D eigenvalue weighted by Crippen LogP contribution is -2.25. The van der Waals surface area contributed by atoms with Gasteiger partial charge >= 0.3 is 0 Å². The number of nitrogens with two attached hydrogens (primary N) is 1. The Hall–Kier alpha value is -1.16. The van der Waals surface area contributed by atoms with Gasteiger partial charge in [-0.15, -0.1) is 0 Å². The Morgan fingerprint density at radius 2 is 2.27 bits per heavy atom. The van der Waals surface area contributed by atoms with Gasteiger partial charge in [-0.25, -0.2) is 0 Å². The topological polar surface area (TPSA) is 55.1 Å². The lowest BCUT2D eigenvalue weighted by Gasteiger charge is -2.06.